The van der Waals surface area contributed by atoms with E-state index in [1.54, 1.807) is 6.07 Å². The van der Waals surface area contributed by atoms with Crippen LogP contribution in [0, 0.1) is 6.92 Å². The highest BCUT2D eigenvalue weighted by atomic mass is 16.5. The van der Waals surface area contributed by atoms with Crippen LogP contribution in [0.25, 0.3) is 0 Å². The van der Waals surface area contributed by atoms with Gasteiger partial charge in [0.2, 0.25) is 5.91 Å². The third-order valence-corrected chi connectivity index (χ3v) is 4.24. The second kappa shape index (κ2) is 8.05. The Morgan fingerprint density at radius 2 is 2.12 bits per heavy atom. The van der Waals surface area contributed by atoms with E-state index in [0.29, 0.717) is 18.1 Å². The molecule has 0 radical (unpaired) electrons. The average Bonchev–Trinajstić information content (AvgIpc) is 3.19. The molecule has 25 heavy (non-hydrogen) atoms. The zero-order valence-corrected chi connectivity index (χ0v) is 14.7. The van der Waals surface area contributed by atoms with E-state index in [1.165, 1.54) is 0 Å². The Morgan fingerprint density at radius 3 is 2.84 bits per heavy atom. The predicted octanol–water partition coefficient (Wildman–Crippen LogP) is 3.04. The molecule has 1 saturated carbocycles. The number of carbonyl (C=O) groups excluding carboxylic acids is 1. The summed E-state index contributed by atoms with van der Waals surface area (Å²) in [4.78, 5) is 12.3. The number of amides is 1. The van der Waals surface area contributed by atoms with Crippen LogP contribution in [0.4, 0.5) is 0 Å². The van der Waals surface area contributed by atoms with Gasteiger partial charge in [-0.05, 0) is 45.2 Å². The Hall–Kier alpha value is -2.50. The Balaban J connectivity index is 1.60. The molecule has 1 N–H and O–H groups in total. The van der Waals surface area contributed by atoms with Crippen molar-refractivity contribution >= 4 is 5.91 Å². The summed E-state index contributed by atoms with van der Waals surface area (Å²) in [6.45, 7) is 4.34. The van der Waals surface area contributed by atoms with Gasteiger partial charge >= 0.3 is 0 Å². The Labute approximate surface area is 147 Å². The second-order valence-electron chi connectivity index (χ2n) is 6.25. The molecule has 3 rings (SSSR count). The first-order valence-electron chi connectivity index (χ1n) is 8.75. The lowest BCUT2D eigenvalue weighted by atomic mass is 10.2. The fourth-order valence-electron chi connectivity index (χ4n) is 3.14. The largest absolute Gasteiger partial charge is 0.490 e. The number of hydrogen-bond acceptors (Lipinski definition) is 5. The standard InChI is InChI=1S/C19H24N2O4/c1-3-23-17-8-4-5-9-18(17)24-16-10-6-7-15(16)20-19(22)12-14-11-13(2)25-21-14/h4-5,8-9,11,15-16H,3,6-7,10,12H2,1-2H3,(H,20,22). The number of hydrogen-bond donors (Lipinski definition) is 1. The van der Waals surface area contributed by atoms with Gasteiger partial charge in [-0.25, -0.2) is 0 Å². The van der Waals surface area contributed by atoms with Crippen LogP contribution < -0.4 is 14.8 Å². The molecule has 134 valence electrons. The third kappa shape index (κ3) is 4.53. The fourth-order valence-corrected chi connectivity index (χ4v) is 3.14. The summed E-state index contributed by atoms with van der Waals surface area (Å²) in [7, 11) is 0. The molecule has 0 bridgehead atoms. The lowest BCUT2D eigenvalue weighted by Crippen LogP contribution is -2.43. The highest BCUT2D eigenvalue weighted by Crippen LogP contribution is 2.31. The summed E-state index contributed by atoms with van der Waals surface area (Å²) < 4.78 is 16.8. The molecule has 1 heterocycles. The summed E-state index contributed by atoms with van der Waals surface area (Å²) in [6.07, 6.45) is 3.01. The number of rotatable bonds is 7. The van der Waals surface area contributed by atoms with E-state index < -0.39 is 0 Å². The van der Waals surface area contributed by atoms with Gasteiger partial charge in [0.1, 0.15) is 11.9 Å². The second-order valence-corrected chi connectivity index (χ2v) is 6.25. The van der Waals surface area contributed by atoms with E-state index in [0.717, 1.165) is 30.8 Å². The Bertz CT molecular complexity index is 713. The zero-order valence-electron chi connectivity index (χ0n) is 14.7. The minimum Gasteiger partial charge on any atom is -0.490 e. The molecule has 1 aliphatic carbocycles. The number of ether oxygens (including phenoxy) is 2. The molecule has 2 unspecified atom stereocenters. The molecule has 1 amide bonds. The Kier molecular flexibility index (Phi) is 5.58. The predicted molar refractivity (Wildman–Crippen MR) is 92.8 cm³/mol. The van der Waals surface area contributed by atoms with E-state index in [4.69, 9.17) is 14.0 Å². The van der Waals surface area contributed by atoms with Crippen molar-refractivity contribution in [2.24, 2.45) is 0 Å². The molecule has 2 atom stereocenters. The van der Waals surface area contributed by atoms with Crippen LogP contribution in [-0.2, 0) is 11.2 Å². The first-order chi connectivity index (χ1) is 12.2. The van der Waals surface area contributed by atoms with Crippen molar-refractivity contribution in [2.75, 3.05) is 6.61 Å². The summed E-state index contributed by atoms with van der Waals surface area (Å²) >= 11 is 0. The van der Waals surface area contributed by atoms with Crippen molar-refractivity contribution in [3.63, 3.8) is 0 Å². The molecule has 0 spiro atoms. The molecule has 0 aliphatic heterocycles. The first kappa shape index (κ1) is 17.3. The summed E-state index contributed by atoms with van der Waals surface area (Å²) in [5.74, 6) is 2.10. The van der Waals surface area contributed by atoms with Gasteiger partial charge in [-0.15, -0.1) is 0 Å². The van der Waals surface area contributed by atoms with Gasteiger partial charge in [0.25, 0.3) is 0 Å². The van der Waals surface area contributed by atoms with Crippen molar-refractivity contribution in [2.45, 2.75) is 51.7 Å². The van der Waals surface area contributed by atoms with Crippen molar-refractivity contribution in [1.29, 1.82) is 0 Å². The zero-order chi connectivity index (χ0) is 17.6. The average molecular weight is 344 g/mol. The first-order valence-corrected chi connectivity index (χ1v) is 8.75. The molecular formula is C19H24N2O4. The number of aromatic nitrogens is 1. The molecule has 6 nitrogen and oxygen atoms in total. The number of nitrogens with one attached hydrogen (secondary N) is 1. The van der Waals surface area contributed by atoms with Crippen molar-refractivity contribution < 1.29 is 18.8 Å². The van der Waals surface area contributed by atoms with Crippen LogP contribution in [-0.4, -0.2) is 29.8 Å². The lowest BCUT2D eigenvalue weighted by molar-refractivity contribution is -0.121. The highest BCUT2D eigenvalue weighted by Gasteiger charge is 2.31. The molecule has 1 aromatic heterocycles. The normalized spacial score (nSPS) is 19.6. The number of carbonyl (C=O) groups is 1. The van der Waals surface area contributed by atoms with Crippen LogP contribution in [0.5, 0.6) is 11.5 Å². The van der Waals surface area contributed by atoms with E-state index in [-0.39, 0.29) is 24.5 Å². The minimum absolute atomic E-state index is 0.00446. The summed E-state index contributed by atoms with van der Waals surface area (Å²) in [6, 6.07) is 9.42. The maximum Gasteiger partial charge on any atom is 0.226 e. The Morgan fingerprint density at radius 1 is 1.32 bits per heavy atom. The maximum absolute atomic E-state index is 12.3. The smallest absolute Gasteiger partial charge is 0.226 e. The summed E-state index contributed by atoms with van der Waals surface area (Å²) in [5, 5.41) is 6.94. The fraction of sp³-hybridized carbons (Fsp3) is 0.474. The number of para-hydroxylation sites is 2. The quantitative estimate of drug-likeness (QED) is 0.836. The molecule has 1 aliphatic rings. The van der Waals surface area contributed by atoms with Crippen LogP contribution in [0.3, 0.4) is 0 Å². The van der Waals surface area contributed by atoms with E-state index in [2.05, 4.69) is 10.5 Å². The van der Waals surface area contributed by atoms with Crippen molar-refractivity contribution in [3.8, 4) is 11.5 Å². The molecule has 1 fully saturated rings. The van der Waals surface area contributed by atoms with Gasteiger partial charge in [-0.1, -0.05) is 17.3 Å². The molecule has 6 heteroatoms. The van der Waals surface area contributed by atoms with Gasteiger partial charge in [0.15, 0.2) is 11.5 Å². The summed E-state index contributed by atoms with van der Waals surface area (Å²) in [5.41, 5.74) is 0.646. The maximum atomic E-state index is 12.3. The molecule has 0 saturated heterocycles. The van der Waals surface area contributed by atoms with Crippen LogP contribution >= 0.6 is 0 Å². The van der Waals surface area contributed by atoms with Gasteiger partial charge in [-0.2, -0.15) is 0 Å². The van der Waals surface area contributed by atoms with Crippen LogP contribution in [0.1, 0.15) is 37.6 Å². The van der Waals surface area contributed by atoms with E-state index in [9.17, 15) is 4.79 Å². The number of aryl methyl sites for hydroxylation is 1. The van der Waals surface area contributed by atoms with Crippen molar-refractivity contribution in [1.82, 2.24) is 10.5 Å². The number of benzene rings is 1. The molecular weight excluding hydrogens is 320 g/mol. The lowest BCUT2D eigenvalue weighted by Gasteiger charge is -2.23. The van der Waals surface area contributed by atoms with Crippen molar-refractivity contribution in [3.05, 3.63) is 41.8 Å². The SMILES string of the molecule is CCOc1ccccc1OC1CCCC1NC(=O)Cc1cc(C)on1. The molecule has 1 aromatic carbocycles. The van der Waals surface area contributed by atoms with E-state index in [1.807, 2.05) is 38.1 Å². The monoisotopic (exact) mass is 344 g/mol. The van der Waals surface area contributed by atoms with Crippen LogP contribution in [0.15, 0.2) is 34.9 Å². The highest BCUT2D eigenvalue weighted by molar-refractivity contribution is 5.78. The van der Waals surface area contributed by atoms with E-state index >= 15 is 0 Å². The van der Waals surface area contributed by atoms with Gasteiger partial charge < -0.3 is 19.3 Å². The van der Waals surface area contributed by atoms with Gasteiger partial charge in [0.05, 0.1) is 24.8 Å². The van der Waals surface area contributed by atoms with Gasteiger partial charge in [0, 0.05) is 6.07 Å². The number of nitrogens with zero attached hydrogens (tertiary/aromatic N) is 1. The topological polar surface area (TPSA) is 73.6 Å². The van der Waals surface area contributed by atoms with Gasteiger partial charge in [-0.3, -0.25) is 4.79 Å². The van der Waals surface area contributed by atoms with Crippen LogP contribution in [0.2, 0.25) is 0 Å². The molecule has 2 aromatic rings. The minimum atomic E-state index is -0.0631. The third-order valence-electron chi connectivity index (χ3n) is 4.24.